The quantitative estimate of drug-likeness (QED) is 0.508. The number of fused-ring (bicyclic) bond motifs is 3. The molecule has 3 aromatic heterocycles. The molecular formula is C22H20N2O2S. The van der Waals surface area contributed by atoms with Crippen LogP contribution < -0.4 is 5.56 Å². The molecule has 0 atom stereocenters. The summed E-state index contributed by atoms with van der Waals surface area (Å²) in [5.41, 5.74) is 2.35. The van der Waals surface area contributed by atoms with Gasteiger partial charge in [-0.05, 0) is 55.9 Å². The largest absolute Gasteiger partial charge is 0.458 e. The molecule has 0 aliphatic heterocycles. The zero-order chi connectivity index (χ0) is 18.4. The predicted octanol–water partition coefficient (Wildman–Crippen LogP) is 4.95. The van der Waals surface area contributed by atoms with Crippen molar-refractivity contribution in [3.05, 3.63) is 74.6 Å². The van der Waals surface area contributed by atoms with Gasteiger partial charge in [0.2, 0.25) is 0 Å². The molecule has 0 spiro atoms. The average molecular weight is 376 g/mol. The van der Waals surface area contributed by atoms with Gasteiger partial charge in [0.25, 0.3) is 5.56 Å². The predicted molar refractivity (Wildman–Crippen MR) is 109 cm³/mol. The van der Waals surface area contributed by atoms with Gasteiger partial charge >= 0.3 is 0 Å². The number of hydrogen-bond acceptors (Lipinski definition) is 4. The number of hydrogen-bond donors (Lipinski definition) is 0. The summed E-state index contributed by atoms with van der Waals surface area (Å²) in [4.78, 5) is 20.6. The second-order valence-corrected chi connectivity index (χ2v) is 8.20. The highest BCUT2D eigenvalue weighted by atomic mass is 32.1. The van der Waals surface area contributed by atoms with Crippen molar-refractivity contribution in [3.63, 3.8) is 0 Å². The summed E-state index contributed by atoms with van der Waals surface area (Å²) in [6.45, 7) is 2.40. The van der Waals surface area contributed by atoms with Gasteiger partial charge in [0.05, 0.1) is 11.9 Å². The molecule has 1 aliphatic rings. The minimum Gasteiger partial charge on any atom is -0.458 e. The molecular weight excluding hydrogens is 356 g/mol. The molecule has 1 aromatic carbocycles. The van der Waals surface area contributed by atoms with Crippen LogP contribution in [0, 0.1) is 6.92 Å². The minimum absolute atomic E-state index is 0.0484. The number of rotatable bonds is 3. The standard InChI is InChI=1S/C22H20N2O2S/c1-14-11-12-17(26-14)20-23-21-19(16-9-5-6-10-18(16)27-21)22(25)24(20)13-15-7-3-2-4-8-15/h2-4,7-8,11-12H,5-6,9-10,13H2,1H3. The minimum atomic E-state index is 0.0484. The highest BCUT2D eigenvalue weighted by molar-refractivity contribution is 7.18. The fourth-order valence-electron chi connectivity index (χ4n) is 3.89. The molecule has 0 saturated heterocycles. The van der Waals surface area contributed by atoms with Gasteiger partial charge in [-0.25, -0.2) is 4.98 Å². The number of aromatic nitrogens is 2. The second kappa shape index (κ2) is 6.50. The van der Waals surface area contributed by atoms with Crippen molar-refractivity contribution in [2.75, 3.05) is 0 Å². The van der Waals surface area contributed by atoms with E-state index in [1.165, 1.54) is 16.9 Å². The van der Waals surface area contributed by atoms with Crippen LogP contribution in [-0.2, 0) is 19.4 Å². The van der Waals surface area contributed by atoms with Crippen LogP contribution in [0.2, 0.25) is 0 Å². The molecule has 0 unspecified atom stereocenters. The van der Waals surface area contributed by atoms with Crippen molar-refractivity contribution in [2.24, 2.45) is 0 Å². The molecule has 4 nitrogen and oxygen atoms in total. The van der Waals surface area contributed by atoms with Gasteiger partial charge in [-0.3, -0.25) is 9.36 Å². The van der Waals surface area contributed by atoms with Crippen LogP contribution in [0.3, 0.4) is 0 Å². The van der Waals surface area contributed by atoms with Crippen LogP contribution in [-0.4, -0.2) is 9.55 Å². The molecule has 0 radical (unpaired) electrons. The van der Waals surface area contributed by atoms with E-state index in [4.69, 9.17) is 9.40 Å². The van der Waals surface area contributed by atoms with E-state index in [1.54, 1.807) is 15.9 Å². The van der Waals surface area contributed by atoms with Gasteiger partial charge in [-0.2, -0.15) is 0 Å². The number of furan rings is 1. The van der Waals surface area contributed by atoms with E-state index >= 15 is 0 Å². The fourth-order valence-corrected chi connectivity index (χ4v) is 5.15. The SMILES string of the molecule is Cc1ccc(-c2nc3sc4c(c3c(=O)n2Cc2ccccc2)CCCC4)o1. The lowest BCUT2D eigenvalue weighted by molar-refractivity contribution is 0.537. The lowest BCUT2D eigenvalue weighted by Gasteiger charge is -2.13. The summed E-state index contributed by atoms with van der Waals surface area (Å²) in [6.07, 6.45) is 4.39. The maximum atomic E-state index is 13.6. The van der Waals surface area contributed by atoms with Crippen molar-refractivity contribution >= 4 is 21.6 Å². The van der Waals surface area contributed by atoms with E-state index in [0.717, 1.165) is 40.8 Å². The lowest BCUT2D eigenvalue weighted by atomic mass is 9.97. The molecule has 0 amide bonds. The van der Waals surface area contributed by atoms with Gasteiger partial charge < -0.3 is 4.42 Å². The van der Waals surface area contributed by atoms with Crippen LogP contribution >= 0.6 is 11.3 Å². The third kappa shape index (κ3) is 2.82. The van der Waals surface area contributed by atoms with Crippen LogP contribution in [0.4, 0.5) is 0 Å². The Morgan fingerprint density at radius 3 is 2.70 bits per heavy atom. The summed E-state index contributed by atoms with van der Waals surface area (Å²) >= 11 is 1.68. The van der Waals surface area contributed by atoms with Crippen LogP contribution in [0.5, 0.6) is 0 Å². The smallest absolute Gasteiger partial charge is 0.263 e. The summed E-state index contributed by atoms with van der Waals surface area (Å²) in [7, 11) is 0. The normalized spacial score (nSPS) is 13.8. The van der Waals surface area contributed by atoms with Crippen LogP contribution in [0.25, 0.3) is 21.8 Å². The van der Waals surface area contributed by atoms with Crippen molar-refractivity contribution in [1.82, 2.24) is 9.55 Å². The van der Waals surface area contributed by atoms with Gasteiger partial charge in [0.15, 0.2) is 11.6 Å². The summed E-state index contributed by atoms with van der Waals surface area (Å²) < 4.78 is 7.61. The first-order valence-corrected chi connectivity index (χ1v) is 10.2. The summed E-state index contributed by atoms with van der Waals surface area (Å²) in [5.74, 6) is 2.08. The Morgan fingerprint density at radius 2 is 1.93 bits per heavy atom. The first-order chi connectivity index (χ1) is 13.2. The van der Waals surface area contributed by atoms with Gasteiger partial charge in [0, 0.05) is 4.88 Å². The molecule has 0 bridgehead atoms. The van der Waals surface area contributed by atoms with E-state index in [9.17, 15) is 4.79 Å². The second-order valence-electron chi connectivity index (χ2n) is 7.11. The lowest BCUT2D eigenvalue weighted by Crippen LogP contribution is -2.24. The van der Waals surface area contributed by atoms with Gasteiger partial charge in [-0.15, -0.1) is 11.3 Å². The Balaban J connectivity index is 1.78. The summed E-state index contributed by atoms with van der Waals surface area (Å²) in [6, 6.07) is 13.9. The van der Waals surface area contributed by atoms with Gasteiger partial charge in [0.1, 0.15) is 10.6 Å². The first-order valence-electron chi connectivity index (χ1n) is 9.36. The molecule has 5 heteroatoms. The van der Waals surface area contributed by atoms with E-state index < -0.39 is 0 Å². The Bertz CT molecular complexity index is 1180. The van der Waals surface area contributed by atoms with Crippen molar-refractivity contribution in [1.29, 1.82) is 0 Å². The van der Waals surface area contributed by atoms with E-state index in [1.807, 2.05) is 49.4 Å². The molecule has 0 fully saturated rings. The molecule has 136 valence electrons. The Hall–Kier alpha value is -2.66. The first kappa shape index (κ1) is 16.5. The average Bonchev–Trinajstić information content (AvgIpc) is 3.28. The highest BCUT2D eigenvalue weighted by Crippen LogP contribution is 2.35. The van der Waals surface area contributed by atoms with Crippen molar-refractivity contribution in [3.8, 4) is 11.6 Å². The summed E-state index contributed by atoms with van der Waals surface area (Å²) in [5, 5.41) is 0.817. The molecule has 0 N–H and O–H groups in total. The zero-order valence-corrected chi connectivity index (χ0v) is 16.0. The van der Waals surface area contributed by atoms with Crippen LogP contribution in [0.1, 0.15) is 34.6 Å². The fraction of sp³-hybridized carbons (Fsp3) is 0.273. The number of nitrogens with zero attached hydrogens (tertiary/aromatic N) is 2. The number of thiophene rings is 1. The Morgan fingerprint density at radius 1 is 1.11 bits per heavy atom. The maximum Gasteiger partial charge on any atom is 0.263 e. The monoisotopic (exact) mass is 376 g/mol. The Kier molecular flexibility index (Phi) is 3.97. The maximum absolute atomic E-state index is 13.6. The topological polar surface area (TPSA) is 48.0 Å². The number of aryl methyl sites for hydroxylation is 3. The van der Waals surface area contributed by atoms with Crippen molar-refractivity contribution in [2.45, 2.75) is 39.2 Å². The molecule has 4 aromatic rings. The van der Waals surface area contributed by atoms with E-state index in [2.05, 4.69) is 0 Å². The van der Waals surface area contributed by atoms with E-state index in [-0.39, 0.29) is 5.56 Å². The van der Waals surface area contributed by atoms with Crippen LogP contribution in [0.15, 0.2) is 51.7 Å². The third-order valence-electron chi connectivity index (χ3n) is 5.22. The molecule has 5 rings (SSSR count). The number of benzene rings is 1. The molecule has 0 saturated carbocycles. The zero-order valence-electron chi connectivity index (χ0n) is 15.2. The Labute approximate surface area is 161 Å². The van der Waals surface area contributed by atoms with Gasteiger partial charge in [-0.1, -0.05) is 30.3 Å². The molecule has 1 aliphatic carbocycles. The highest BCUT2D eigenvalue weighted by Gasteiger charge is 2.23. The molecule has 27 heavy (non-hydrogen) atoms. The third-order valence-corrected chi connectivity index (χ3v) is 6.40. The van der Waals surface area contributed by atoms with E-state index in [0.29, 0.717) is 18.1 Å². The molecule has 3 heterocycles. The van der Waals surface area contributed by atoms with Crippen molar-refractivity contribution < 1.29 is 4.42 Å².